The molecule has 2 fully saturated rings. The summed E-state index contributed by atoms with van der Waals surface area (Å²) in [4.78, 5) is 2.48. The van der Waals surface area contributed by atoms with Gasteiger partial charge in [0.1, 0.15) is 0 Å². The van der Waals surface area contributed by atoms with Gasteiger partial charge in [-0.25, -0.2) is 0 Å². The van der Waals surface area contributed by atoms with Crippen LogP contribution < -0.4 is 0 Å². The van der Waals surface area contributed by atoms with Crippen molar-refractivity contribution >= 4 is 0 Å². The van der Waals surface area contributed by atoms with Gasteiger partial charge in [0, 0.05) is 25.6 Å². The number of likely N-dealkylation sites (tertiary alicyclic amines) is 1. The third-order valence-corrected chi connectivity index (χ3v) is 4.24. The molecule has 1 aliphatic heterocycles. The minimum Gasteiger partial charge on any atom is -0.390 e. The number of hydrogen-bond acceptors (Lipinski definition) is 2. The van der Waals surface area contributed by atoms with Gasteiger partial charge in [-0.2, -0.15) is 0 Å². The van der Waals surface area contributed by atoms with Crippen LogP contribution in [0.25, 0.3) is 0 Å². The Morgan fingerprint density at radius 3 is 2.69 bits per heavy atom. The molecule has 1 saturated carbocycles. The van der Waals surface area contributed by atoms with E-state index in [0.717, 1.165) is 32.0 Å². The number of rotatable bonds is 2. The third-order valence-electron chi connectivity index (χ3n) is 4.24. The second-order valence-corrected chi connectivity index (χ2v) is 5.61. The molecule has 86 valence electrons. The fourth-order valence-corrected chi connectivity index (χ4v) is 3.36. The largest absolute Gasteiger partial charge is 0.390 e. The minimum absolute atomic E-state index is 0.393. The number of hydrogen-bond donors (Lipinski definition) is 1. The van der Waals surface area contributed by atoms with Gasteiger partial charge in [0.05, 0.1) is 5.60 Å². The molecule has 0 bridgehead atoms. The van der Waals surface area contributed by atoms with Crippen molar-refractivity contribution in [1.29, 1.82) is 0 Å². The molecule has 1 aliphatic carbocycles. The number of fused-ring (bicyclic) bond motifs is 1. The van der Waals surface area contributed by atoms with Crippen molar-refractivity contribution in [1.82, 2.24) is 4.90 Å². The Balaban J connectivity index is 1.63. The molecule has 0 aromatic heterocycles. The molecule has 1 aromatic carbocycles. The Bertz CT molecular complexity index is 374. The summed E-state index contributed by atoms with van der Waals surface area (Å²) in [7, 11) is 0. The van der Waals surface area contributed by atoms with Crippen molar-refractivity contribution < 1.29 is 5.11 Å². The van der Waals surface area contributed by atoms with E-state index >= 15 is 0 Å². The van der Waals surface area contributed by atoms with Gasteiger partial charge in [0.15, 0.2) is 0 Å². The van der Waals surface area contributed by atoms with Gasteiger partial charge in [-0.3, -0.25) is 4.90 Å². The lowest BCUT2D eigenvalue weighted by molar-refractivity contribution is -0.101. The normalized spacial score (nSPS) is 38.1. The van der Waals surface area contributed by atoms with Crippen LogP contribution in [0.1, 0.15) is 18.9 Å². The maximum atomic E-state index is 10.0. The smallest absolute Gasteiger partial charge is 0.0666 e. The summed E-state index contributed by atoms with van der Waals surface area (Å²) >= 11 is 0. The lowest BCUT2D eigenvalue weighted by atomic mass is 9.64. The molecule has 16 heavy (non-hydrogen) atoms. The molecule has 2 aliphatic rings. The second kappa shape index (κ2) is 3.57. The van der Waals surface area contributed by atoms with Crippen molar-refractivity contribution in [2.24, 2.45) is 11.8 Å². The van der Waals surface area contributed by atoms with Crippen LogP contribution >= 0.6 is 0 Å². The van der Waals surface area contributed by atoms with Crippen LogP contribution in [0, 0.1) is 11.8 Å². The van der Waals surface area contributed by atoms with Gasteiger partial charge >= 0.3 is 0 Å². The summed E-state index contributed by atoms with van der Waals surface area (Å²) in [6.45, 7) is 5.24. The van der Waals surface area contributed by atoms with E-state index < -0.39 is 5.60 Å². The Morgan fingerprint density at radius 2 is 2.06 bits per heavy atom. The van der Waals surface area contributed by atoms with Crippen molar-refractivity contribution in [3.05, 3.63) is 35.9 Å². The predicted molar refractivity (Wildman–Crippen MR) is 63.9 cm³/mol. The van der Waals surface area contributed by atoms with Crippen LogP contribution in [0.2, 0.25) is 0 Å². The fraction of sp³-hybridized carbons (Fsp3) is 0.571. The van der Waals surface area contributed by atoms with E-state index in [2.05, 4.69) is 35.2 Å². The summed E-state index contributed by atoms with van der Waals surface area (Å²) in [6.07, 6.45) is 0.989. The van der Waals surface area contributed by atoms with E-state index in [1.165, 1.54) is 5.56 Å². The Morgan fingerprint density at radius 1 is 1.31 bits per heavy atom. The first kappa shape index (κ1) is 10.3. The highest BCUT2D eigenvalue weighted by Crippen LogP contribution is 2.48. The molecule has 1 heterocycles. The summed E-state index contributed by atoms with van der Waals surface area (Å²) in [6, 6.07) is 10.6. The Kier molecular flexibility index (Phi) is 2.30. The molecular formula is C14H19NO. The lowest BCUT2D eigenvalue weighted by Gasteiger charge is -2.45. The van der Waals surface area contributed by atoms with Crippen molar-refractivity contribution in [3.63, 3.8) is 0 Å². The van der Waals surface area contributed by atoms with Crippen molar-refractivity contribution in [2.45, 2.75) is 25.5 Å². The predicted octanol–water partition coefficient (Wildman–Crippen LogP) is 1.89. The molecule has 1 N–H and O–H groups in total. The first-order valence-electron chi connectivity index (χ1n) is 6.14. The van der Waals surface area contributed by atoms with E-state index in [0.29, 0.717) is 5.92 Å². The zero-order valence-electron chi connectivity index (χ0n) is 9.76. The Hall–Kier alpha value is -0.860. The van der Waals surface area contributed by atoms with Crippen molar-refractivity contribution in [2.75, 3.05) is 13.1 Å². The van der Waals surface area contributed by atoms with E-state index in [4.69, 9.17) is 0 Å². The summed E-state index contributed by atoms with van der Waals surface area (Å²) in [5, 5.41) is 10.0. The quantitative estimate of drug-likeness (QED) is 0.817. The SMILES string of the molecule is CC1(O)CC2CN(Cc3ccccc3)CC21. The van der Waals surface area contributed by atoms with Gasteiger partial charge in [0.25, 0.3) is 0 Å². The highest BCUT2D eigenvalue weighted by molar-refractivity contribution is 5.15. The Labute approximate surface area is 96.9 Å². The minimum atomic E-state index is -0.393. The van der Waals surface area contributed by atoms with E-state index in [9.17, 15) is 5.11 Å². The highest BCUT2D eigenvalue weighted by Gasteiger charge is 2.53. The van der Waals surface area contributed by atoms with E-state index in [1.54, 1.807) is 0 Å². The van der Waals surface area contributed by atoms with Crippen LogP contribution in [0.4, 0.5) is 0 Å². The van der Waals surface area contributed by atoms with Crippen LogP contribution in [0.15, 0.2) is 30.3 Å². The van der Waals surface area contributed by atoms with Gasteiger partial charge in [0.2, 0.25) is 0 Å². The maximum Gasteiger partial charge on any atom is 0.0666 e. The first-order chi connectivity index (χ1) is 7.65. The number of aliphatic hydroxyl groups is 1. The molecule has 0 spiro atoms. The topological polar surface area (TPSA) is 23.5 Å². The highest BCUT2D eigenvalue weighted by atomic mass is 16.3. The number of nitrogens with zero attached hydrogens (tertiary/aromatic N) is 1. The monoisotopic (exact) mass is 217 g/mol. The molecule has 1 aromatic rings. The zero-order valence-corrected chi connectivity index (χ0v) is 9.76. The summed E-state index contributed by atoms with van der Waals surface area (Å²) < 4.78 is 0. The molecule has 2 heteroatoms. The fourth-order valence-electron chi connectivity index (χ4n) is 3.36. The molecule has 2 nitrogen and oxygen atoms in total. The van der Waals surface area contributed by atoms with Gasteiger partial charge in [-0.05, 0) is 24.8 Å². The number of benzene rings is 1. The van der Waals surface area contributed by atoms with E-state index in [1.807, 2.05) is 6.92 Å². The maximum absolute atomic E-state index is 10.0. The van der Waals surface area contributed by atoms with Gasteiger partial charge < -0.3 is 5.11 Å². The first-order valence-corrected chi connectivity index (χ1v) is 6.14. The van der Waals surface area contributed by atoms with Crippen LogP contribution in [0.3, 0.4) is 0 Å². The average molecular weight is 217 g/mol. The molecular weight excluding hydrogens is 198 g/mol. The third kappa shape index (κ3) is 1.66. The standard InChI is InChI=1S/C14H19NO/c1-14(16)7-12-9-15(10-13(12)14)8-11-5-3-2-4-6-11/h2-6,12-13,16H,7-10H2,1H3. The second-order valence-electron chi connectivity index (χ2n) is 5.61. The molecule has 3 unspecified atom stereocenters. The van der Waals surface area contributed by atoms with Crippen LogP contribution in [0.5, 0.6) is 0 Å². The zero-order chi connectivity index (χ0) is 11.2. The molecule has 1 saturated heterocycles. The van der Waals surface area contributed by atoms with Gasteiger partial charge in [-0.15, -0.1) is 0 Å². The molecule has 0 amide bonds. The van der Waals surface area contributed by atoms with Crippen LogP contribution in [-0.4, -0.2) is 28.7 Å². The average Bonchev–Trinajstić information content (AvgIpc) is 2.59. The molecule has 3 rings (SSSR count). The van der Waals surface area contributed by atoms with Crippen LogP contribution in [-0.2, 0) is 6.54 Å². The van der Waals surface area contributed by atoms with Gasteiger partial charge in [-0.1, -0.05) is 30.3 Å². The summed E-state index contributed by atoms with van der Waals surface area (Å²) in [5.41, 5.74) is 0.985. The summed E-state index contributed by atoms with van der Waals surface area (Å²) in [5.74, 6) is 1.25. The van der Waals surface area contributed by atoms with Crippen molar-refractivity contribution in [3.8, 4) is 0 Å². The molecule has 0 radical (unpaired) electrons. The molecule has 3 atom stereocenters. The lowest BCUT2D eigenvalue weighted by Crippen LogP contribution is -2.51. The van der Waals surface area contributed by atoms with E-state index in [-0.39, 0.29) is 0 Å².